The van der Waals surface area contributed by atoms with Crippen LogP contribution >= 0.6 is 0 Å². The van der Waals surface area contributed by atoms with Gasteiger partial charge in [-0.2, -0.15) is 5.10 Å². The van der Waals surface area contributed by atoms with Crippen molar-refractivity contribution >= 4 is 5.78 Å². The number of aryl methyl sites for hydroxylation is 1. The number of hydrogen-bond acceptors (Lipinski definition) is 5. The molecule has 0 saturated carbocycles. The summed E-state index contributed by atoms with van der Waals surface area (Å²) in [5.74, 6) is 0.815. The van der Waals surface area contributed by atoms with Crippen LogP contribution in [0.1, 0.15) is 38.9 Å². The van der Waals surface area contributed by atoms with Gasteiger partial charge < -0.3 is 9.47 Å². The first-order valence-electron chi connectivity index (χ1n) is 7.33. The summed E-state index contributed by atoms with van der Waals surface area (Å²) in [5, 5.41) is 4.16. The predicted molar refractivity (Wildman–Crippen MR) is 73.4 cm³/mol. The van der Waals surface area contributed by atoms with Gasteiger partial charge in [-0.1, -0.05) is 6.92 Å². The minimum atomic E-state index is -0.698. The Kier molecular flexibility index (Phi) is 5.25. The molecule has 1 aromatic rings. The van der Waals surface area contributed by atoms with E-state index in [0.29, 0.717) is 32.7 Å². The van der Waals surface area contributed by atoms with Gasteiger partial charge in [0.1, 0.15) is 17.8 Å². The molecule has 6 nitrogen and oxygen atoms in total. The summed E-state index contributed by atoms with van der Waals surface area (Å²) in [5.41, 5.74) is -0.698. The monoisotopic (exact) mass is 281 g/mol. The van der Waals surface area contributed by atoms with Crippen LogP contribution in [0.15, 0.2) is 6.33 Å². The normalized spacial score (nSPS) is 18.1. The Morgan fingerprint density at radius 1 is 1.45 bits per heavy atom. The highest BCUT2D eigenvalue weighted by atomic mass is 16.5. The molecule has 0 spiro atoms. The molecule has 0 amide bonds. The number of aromatic nitrogens is 3. The molecular formula is C14H23N3O3. The van der Waals surface area contributed by atoms with Gasteiger partial charge in [0.05, 0.1) is 6.42 Å². The van der Waals surface area contributed by atoms with Crippen molar-refractivity contribution in [2.24, 2.45) is 0 Å². The predicted octanol–water partition coefficient (Wildman–Crippen LogP) is 1.39. The standard InChI is InChI=1S/C14H23N3O3/c1-3-7-17-13(15-11-16-17)10-12(18)14(20-4-2)5-8-19-9-6-14/h11H,3-10H2,1-2H3. The lowest BCUT2D eigenvalue weighted by Gasteiger charge is -2.35. The van der Waals surface area contributed by atoms with Gasteiger partial charge in [0.15, 0.2) is 5.78 Å². The van der Waals surface area contributed by atoms with Crippen molar-refractivity contribution in [3.8, 4) is 0 Å². The van der Waals surface area contributed by atoms with Crippen LogP contribution < -0.4 is 0 Å². The van der Waals surface area contributed by atoms with Crippen LogP contribution in [0.2, 0.25) is 0 Å². The minimum absolute atomic E-state index is 0.0907. The number of hydrogen-bond donors (Lipinski definition) is 0. The molecule has 2 rings (SSSR count). The Balaban J connectivity index is 2.09. The Bertz CT molecular complexity index is 433. The molecule has 0 aliphatic carbocycles. The molecule has 20 heavy (non-hydrogen) atoms. The molecule has 6 heteroatoms. The third kappa shape index (κ3) is 3.24. The van der Waals surface area contributed by atoms with Crippen molar-refractivity contribution in [1.29, 1.82) is 0 Å². The number of rotatable bonds is 7. The smallest absolute Gasteiger partial charge is 0.172 e. The number of Topliss-reactive ketones (excluding diaryl/α,β-unsaturated/α-hetero) is 1. The van der Waals surface area contributed by atoms with Gasteiger partial charge in [0, 0.05) is 39.2 Å². The van der Waals surface area contributed by atoms with Gasteiger partial charge in [0.25, 0.3) is 0 Å². The maximum absolute atomic E-state index is 12.7. The second-order valence-corrected chi connectivity index (χ2v) is 5.04. The molecule has 1 saturated heterocycles. The second kappa shape index (κ2) is 6.95. The average Bonchev–Trinajstić information content (AvgIpc) is 2.88. The van der Waals surface area contributed by atoms with E-state index in [9.17, 15) is 4.79 Å². The third-order valence-corrected chi connectivity index (χ3v) is 3.68. The summed E-state index contributed by atoms with van der Waals surface area (Å²) in [6.45, 7) is 6.47. The summed E-state index contributed by atoms with van der Waals surface area (Å²) in [6.07, 6.45) is 4.01. The van der Waals surface area contributed by atoms with E-state index in [1.807, 2.05) is 6.92 Å². The summed E-state index contributed by atoms with van der Waals surface area (Å²) in [4.78, 5) is 16.9. The molecule has 1 aliphatic rings. The van der Waals surface area contributed by atoms with Crippen LogP contribution in [-0.2, 0) is 27.2 Å². The van der Waals surface area contributed by atoms with Crippen LogP contribution in [-0.4, -0.2) is 46.0 Å². The minimum Gasteiger partial charge on any atom is -0.381 e. The number of ketones is 1. The zero-order valence-corrected chi connectivity index (χ0v) is 12.3. The van der Waals surface area contributed by atoms with Crippen LogP contribution in [0.5, 0.6) is 0 Å². The van der Waals surface area contributed by atoms with Gasteiger partial charge in [-0.25, -0.2) is 9.67 Å². The van der Waals surface area contributed by atoms with Gasteiger partial charge in [-0.15, -0.1) is 0 Å². The number of ether oxygens (including phenoxy) is 2. The molecule has 1 aromatic heterocycles. The van der Waals surface area contributed by atoms with Gasteiger partial charge in [0.2, 0.25) is 0 Å². The van der Waals surface area contributed by atoms with Crippen molar-refractivity contribution < 1.29 is 14.3 Å². The van der Waals surface area contributed by atoms with Crippen LogP contribution in [0.4, 0.5) is 0 Å². The topological polar surface area (TPSA) is 66.2 Å². The Morgan fingerprint density at radius 2 is 2.20 bits per heavy atom. The van der Waals surface area contributed by atoms with E-state index in [2.05, 4.69) is 17.0 Å². The molecule has 0 atom stereocenters. The van der Waals surface area contributed by atoms with E-state index in [0.717, 1.165) is 18.8 Å². The second-order valence-electron chi connectivity index (χ2n) is 5.04. The Labute approximate surface area is 119 Å². The molecular weight excluding hydrogens is 258 g/mol. The highest BCUT2D eigenvalue weighted by Crippen LogP contribution is 2.27. The summed E-state index contributed by atoms with van der Waals surface area (Å²) in [6, 6.07) is 0. The van der Waals surface area contributed by atoms with Gasteiger partial charge in [-0.05, 0) is 13.3 Å². The fraction of sp³-hybridized carbons (Fsp3) is 0.786. The summed E-state index contributed by atoms with van der Waals surface area (Å²) >= 11 is 0. The zero-order chi connectivity index (χ0) is 14.4. The first-order valence-corrected chi connectivity index (χ1v) is 7.33. The van der Waals surface area contributed by atoms with Crippen molar-refractivity contribution in [2.45, 2.75) is 51.7 Å². The van der Waals surface area contributed by atoms with Crippen molar-refractivity contribution in [2.75, 3.05) is 19.8 Å². The Morgan fingerprint density at radius 3 is 2.85 bits per heavy atom. The van der Waals surface area contributed by atoms with Crippen LogP contribution in [0.25, 0.3) is 0 Å². The third-order valence-electron chi connectivity index (χ3n) is 3.68. The molecule has 1 fully saturated rings. The number of nitrogens with zero attached hydrogens (tertiary/aromatic N) is 3. The largest absolute Gasteiger partial charge is 0.381 e. The van der Waals surface area contributed by atoms with Crippen molar-refractivity contribution in [3.05, 3.63) is 12.2 Å². The molecule has 0 radical (unpaired) electrons. The maximum atomic E-state index is 12.7. The first kappa shape index (κ1) is 15.1. The van der Waals surface area contributed by atoms with E-state index in [1.54, 1.807) is 4.68 Å². The first-order chi connectivity index (χ1) is 9.72. The lowest BCUT2D eigenvalue weighted by molar-refractivity contribution is -0.157. The van der Waals surface area contributed by atoms with E-state index in [4.69, 9.17) is 9.47 Å². The van der Waals surface area contributed by atoms with Gasteiger partial charge >= 0.3 is 0 Å². The molecule has 0 aromatic carbocycles. The summed E-state index contributed by atoms with van der Waals surface area (Å²) in [7, 11) is 0. The quantitative estimate of drug-likeness (QED) is 0.755. The SMILES string of the molecule is CCCn1ncnc1CC(=O)C1(OCC)CCOCC1. The lowest BCUT2D eigenvalue weighted by Crippen LogP contribution is -2.47. The van der Waals surface area contributed by atoms with E-state index in [-0.39, 0.29) is 12.2 Å². The molecule has 0 N–H and O–H groups in total. The summed E-state index contributed by atoms with van der Waals surface area (Å²) < 4.78 is 12.9. The maximum Gasteiger partial charge on any atom is 0.172 e. The van der Waals surface area contributed by atoms with E-state index < -0.39 is 5.60 Å². The van der Waals surface area contributed by atoms with Gasteiger partial charge in [-0.3, -0.25) is 4.79 Å². The number of carbonyl (C=O) groups excluding carboxylic acids is 1. The highest BCUT2D eigenvalue weighted by Gasteiger charge is 2.40. The van der Waals surface area contributed by atoms with E-state index >= 15 is 0 Å². The molecule has 0 bridgehead atoms. The molecule has 1 aliphatic heterocycles. The lowest BCUT2D eigenvalue weighted by atomic mass is 9.87. The average molecular weight is 281 g/mol. The van der Waals surface area contributed by atoms with Crippen molar-refractivity contribution in [1.82, 2.24) is 14.8 Å². The van der Waals surface area contributed by atoms with Crippen LogP contribution in [0, 0.1) is 0 Å². The molecule has 0 unspecified atom stereocenters. The van der Waals surface area contributed by atoms with Crippen LogP contribution in [0.3, 0.4) is 0 Å². The fourth-order valence-corrected chi connectivity index (χ4v) is 2.61. The molecule has 2 heterocycles. The van der Waals surface area contributed by atoms with E-state index in [1.165, 1.54) is 6.33 Å². The fourth-order valence-electron chi connectivity index (χ4n) is 2.61. The molecule has 112 valence electrons. The zero-order valence-electron chi connectivity index (χ0n) is 12.3. The van der Waals surface area contributed by atoms with Crippen molar-refractivity contribution in [3.63, 3.8) is 0 Å². The highest BCUT2D eigenvalue weighted by molar-refractivity contribution is 5.88. The Hall–Kier alpha value is -1.27. The number of carbonyl (C=O) groups is 1.